The van der Waals surface area contributed by atoms with Gasteiger partial charge in [-0.3, -0.25) is 4.79 Å². The number of aliphatic hydroxyl groups excluding tert-OH is 1. The topological polar surface area (TPSA) is 99.1 Å². The quantitative estimate of drug-likeness (QED) is 0.699. The predicted octanol–water partition coefficient (Wildman–Crippen LogP) is 0.423. The molecule has 2 atom stereocenters. The molecule has 1 aliphatic heterocycles. The lowest BCUT2D eigenvalue weighted by Gasteiger charge is -2.38. The molecule has 2 amide bonds. The first-order chi connectivity index (χ1) is 9.98. The van der Waals surface area contributed by atoms with Gasteiger partial charge in [-0.05, 0) is 19.8 Å². The largest absolute Gasteiger partial charge is 0.481 e. The number of nitrogens with zero attached hydrogens (tertiary/aromatic N) is 1. The third-order valence-electron chi connectivity index (χ3n) is 4.56. The van der Waals surface area contributed by atoms with Gasteiger partial charge in [-0.2, -0.15) is 0 Å². The van der Waals surface area contributed by atoms with E-state index in [0.29, 0.717) is 26.0 Å². The van der Waals surface area contributed by atoms with Gasteiger partial charge >= 0.3 is 12.0 Å². The summed E-state index contributed by atoms with van der Waals surface area (Å²) in [6, 6.07) is -0.367. The number of rotatable bonds is 4. The van der Waals surface area contributed by atoms with Crippen LogP contribution in [-0.2, 0) is 9.53 Å². The summed E-state index contributed by atoms with van der Waals surface area (Å²) in [5.74, 6) is -0.830. The first kappa shape index (κ1) is 16.0. The molecule has 2 fully saturated rings. The Morgan fingerprint density at radius 3 is 2.62 bits per heavy atom. The van der Waals surface area contributed by atoms with Crippen molar-refractivity contribution < 1.29 is 24.5 Å². The maximum absolute atomic E-state index is 12.3. The number of urea groups is 1. The van der Waals surface area contributed by atoms with E-state index in [9.17, 15) is 14.7 Å². The van der Waals surface area contributed by atoms with Crippen LogP contribution < -0.4 is 5.32 Å². The normalized spacial score (nSPS) is 28.4. The van der Waals surface area contributed by atoms with E-state index in [4.69, 9.17) is 9.84 Å². The van der Waals surface area contributed by atoms with Crippen LogP contribution in [0.15, 0.2) is 0 Å². The molecule has 1 aliphatic carbocycles. The molecule has 2 unspecified atom stereocenters. The number of carboxylic acids is 1. The number of ether oxygens (including phenoxy) is 1. The van der Waals surface area contributed by atoms with Crippen molar-refractivity contribution in [2.75, 3.05) is 26.3 Å². The number of nitrogens with one attached hydrogen (secondary N) is 1. The molecule has 1 heterocycles. The highest BCUT2D eigenvalue weighted by Gasteiger charge is 2.42. The van der Waals surface area contributed by atoms with E-state index in [1.165, 1.54) is 0 Å². The monoisotopic (exact) mass is 300 g/mol. The number of hydrogen-bond donors (Lipinski definition) is 3. The summed E-state index contributed by atoms with van der Waals surface area (Å²) in [6.07, 6.45) is 2.64. The number of carbonyl (C=O) groups excluding carboxylic acids is 1. The fourth-order valence-corrected chi connectivity index (χ4v) is 3.08. The van der Waals surface area contributed by atoms with E-state index in [1.54, 1.807) is 4.90 Å². The van der Waals surface area contributed by atoms with Gasteiger partial charge in [0.15, 0.2) is 0 Å². The molecular weight excluding hydrogens is 276 g/mol. The van der Waals surface area contributed by atoms with Crippen molar-refractivity contribution in [1.82, 2.24) is 10.2 Å². The third kappa shape index (κ3) is 3.47. The number of morpholine rings is 1. The highest BCUT2D eigenvalue weighted by Crippen LogP contribution is 2.37. The summed E-state index contributed by atoms with van der Waals surface area (Å²) in [5.41, 5.74) is -0.818. The van der Waals surface area contributed by atoms with Gasteiger partial charge in [-0.25, -0.2) is 4.79 Å². The average molecular weight is 300 g/mol. The molecule has 2 aliphatic rings. The average Bonchev–Trinajstić information content (AvgIpc) is 2.95. The van der Waals surface area contributed by atoms with E-state index in [0.717, 1.165) is 12.8 Å². The van der Waals surface area contributed by atoms with Crippen LogP contribution in [0, 0.1) is 5.41 Å². The summed E-state index contributed by atoms with van der Waals surface area (Å²) in [6.45, 7) is 2.60. The van der Waals surface area contributed by atoms with Gasteiger partial charge in [0.1, 0.15) is 0 Å². The van der Waals surface area contributed by atoms with Crippen molar-refractivity contribution >= 4 is 12.0 Å². The SMILES string of the molecule is CC1COC(CO)CN1C(=O)NCC1(C(=O)O)CCCC1. The van der Waals surface area contributed by atoms with Crippen LogP contribution in [0.3, 0.4) is 0 Å². The fraction of sp³-hybridized carbons (Fsp3) is 0.857. The second kappa shape index (κ2) is 6.62. The Morgan fingerprint density at radius 2 is 2.05 bits per heavy atom. The van der Waals surface area contributed by atoms with Crippen LogP contribution in [-0.4, -0.2) is 65.6 Å². The van der Waals surface area contributed by atoms with Crippen molar-refractivity contribution in [3.63, 3.8) is 0 Å². The van der Waals surface area contributed by atoms with Gasteiger partial charge in [0.05, 0.1) is 37.3 Å². The number of carbonyl (C=O) groups is 2. The molecule has 120 valence electrons. The zero-order chi connectivity index (χ0) is 15.5. The van der Waals surface area contributed by atoms with Gasteiger partial charge in [0.25, 0.3) is 0 Å². The molecule has 1 saturated carbocycles. The summed E-state index contributed by atoms with van der Waals surface area (Å²) >= 11 is 0. The summed E-state index contributed by atoms with van der Waals surface area (Å²) < 4.78 is 5.39. The molecule has 0 aromatic rings. The second-order valence-electron chi connectivity index (χ2n) is 6.09. The van der Waals surface area contributed by atoms with Crippen molar-refractivity contribution in [3.8, 4) is 0 Å². The number of aliphatic carboxylic acids is 1. The minimum absolute atomic E-state index is 0.0860. The highest BCUT2D eigenvalue weighted by atomic mass is 16.5. The Labute approximate surface area is 124 Å². The molecule has 21 heavy (non-hydrogen) atoms. The number of aliphatic hydroxyl groups is 1. The van der Waals surface area contributed by atoms with E-state index in [-0.39, 0.29) is 31.3 Å². The number of amides is 2. The van der Waals surface area contributed by atoms with Gasteiger partial charge < -0.3 is 25.2 Å². The summed E-state index contributed by atoms with van der Waals surface area (Å²) in [4.78, 5) is 25.3. The molecule has 0 aromatic heterocycles. The maximum atomic E-state index is 12.3. The number of carboxylic acid groups (broad SMARTS) is 1. The number of hydrogen-bond acceptors (Lipinski definition) is 4. The summed E-state index contributed by atoms with van der Waals surface area (Å²) in [5, 5.41) is 21.3. The Bertz CT molecular complexity index is 395. The maximum Gasteiger partial charge on any atom is 0.317 e. The van der Waals surface area contributed by atoms with Crippen LogP contribution in [0.1, 0.15) is 32.6 Å². The lowest BCUT2D eigenvalue weighted by Crippen LogP contribution is -2.56. The lowest BCUT2D eigenvalue weighted by atomic mass is 9.86. The van der Waals surface area contributed by atoms with E-state index in [1.807, 2.05) is 6.92 Å². The first-order valence-electron chi connectivity index (χ1n) is 7.49. The van der Waals surface area contributed by atoms with Crippen molar-refractivity contribution in [2.45, 2.75) is 44.8 Å². The van der Waals surface area contributed by atoms with Crippen molar-refractivity contribution in [1.29, 1.82) is 0 Å². The van der Waals surface area contributed by atoms with E-state index >= 15 is 0 Å². The van der Waals surface area contributed by atoms with E-state index in [2.05, 4.69) is 5.32 Å². The molecule has 7 heteroatoms. The van der Waals surface area contributed by atoms with E-state index < -0.39 is 11.4 Å². The smallest absolute Gasteiger partial charge is 0.317 e. The molecule has 7 nitrogen and oxygen atoms in total. The second-order valence-corrected chi connectivity index (χ2v) is 6.09. The zero-order valence-electron chi connectivity index (χ0n) is 12.4. The minimum Gasteiger partial charge on any atom is -0.481 e. The predicted molar refractivity (Wildman–Crippen MR) is 74.9 cm³/mol. The molecule has 0 bridgehead atoms. The molecule has 1 saturated heterocycles. The fourth-order valence-electron chi connectivity index (χ4n) is 3.08. The van der Waals surface area contributed by atoms with Crippen molar-refractivity contribution in [3.05, 3.63) is 0 Å². The summed E-state index contributed by atoms with van der Waals surface area (Å²) in [7, 11) is 0. The van der Waals surface area contributed by atoms with Crippen LogP contribution in [0.25, 0.3) is 0 Å². The van der Waals surface area contributed by atoms with Gasteiger partial charge in [-0.15, -0.1) is 0 Å². The van der Waals surface area contributed by atoms with Crippen LogP contribution in [0.4, 0.5) is 4.79 Å². The minimum atomic E-state index is -0.830. The Morgan fingerprint density at radius 1 is 1.38 bits per heavy atom. The molecule has 3 N–H and O–H groups in total. The van der Waals surface area contributed by atoms with Crippen molar-refractivity contribution in [2.24, 2.45) is 5.41 Å². The molecular formula is C14H24N2O5. The van der Waals surface area contributed by atoms with Gasteiger partial charge in [0, 0.05) is 6.54 Å². The first-order valence-corrected chi connectivity index (χ1v) is 7.49. The van der Waals surface area contributed by atoms with Crippen LogP contribution in [0.5, 0.6) is 0 Å². The van der Waals surface area contributed by atoms with Crippen LogP contribution in [0.2, 0.25) is 0 Å². The molecule has 0 radical (unpaired) electrons. The Balaban J connectivity index is 1.92. The van der Waals surface area contributed by atoms with Crippen LogP contribution >= 0.6 is 0 Å². The lowest BCUT2D eigenvalue weighted by molar-refractivity contribution is -0.148. The van der Waals surface area contributed by atoms with Gasteiger partial charge in [-0.1, -0.05) is 12.8 Å². The molecule has 2 rings (SSSR count). The molecule has 0 spiro atoms. The zero-order valence-corrected chi connectivity index (χ0v) is 12.4. The standard InChI is InChI=1S/C14H24N2O5/c1-10-8-21-11(7-17)6-16(10)13(20)15-9-14(12(18)19)4-2-3-5-14/h10-11,17H,2-9H2,1H3,(H,15,20)(H,18,19). The molecule has 0 aromatic carbocycles. The Kier molecular flexibility index (Phi) is 5.05. The highest BCUT2D eigenvalue weighted by molar-refractivity contribution is 5.78. The Hall–Kier alpha value is -1.34. The van der Waals surface area contributed by atoms with Gasteiger partial charge in [0.2, 0.25) is 0 Å². The third-order valence-corrected chi connectivity index (χ3v) is 4.56.